The largest absolute Gasteiger partial charge is 0.345 e. The summed E-state index contributed by atoms with van der Waals surface area (Å²) in [5.74, 6) is -1.80. The highest BCUT2D eigenvalue weighted by Gasteiger charge is 2.29. The van der Waals surface area contributed by atoms with E-state index in [1.165, 1.54) is 34.4 Å². The number of thiophene rings is 1. The summed E-state index contributed by atoms with van der Waals surface area (Å²) in [7, 11) is 0. The maximum atomic E-state index is 14.6. The second-order valence-corrected chi connectivity index (χ2v) is 11.3. The van der Waals surface area contributed by atoms with E-state index in [-0.39, 0.29) is 23.8 Å². The van der Waals surface area contributed by atoms with E-state index < -0.39 is 17.5 Å². The van der Waals surface area contributed by atoms with Gasteiger partial charge >= 0.3 is 0 Å². The lowest BCUT2D eigenvalue weighted by atomic mass is 10.1. The molecule has 0 unspecified atom stereocenters. The summed E-state index contributed by atoms with van der Waals surface area (Å²) in [4.78, 5) is 41.9. The summed E-state index contributed by atoms with van der Waals surface area (Å²) in [6, 6.07) is 19.7. The van der Waals surface area contributed by atoms with Crippen LogP contribution in [0.15, 0.2) is 85.2 Å². The van der Waals surface area contributed by atoms with Gasteiger partial charge in [-0.3, -0.25) is 9.59 Å². The molecule has 10 heteroatoms. The van der Waals surface area contributed by atoms with Crippen LogP contribution < -0.4 is 10.2 Å². The van der Waals surface area contributed by atoms with Crippen LogP contribution in [0.2, 0.25) is 0 Å². The predicted octanol–water partition coefficient (Wildman–Crippen LogP) is 7.40. The number of fused-ring (bicyclic) bond motifs is 4. The number of H-pyrrole nitrogens is 1. The Morgan fingerprint density at radius 2 is 1.86 bits per heavy atom. The Hall–Kier alpha value is -5.22. The summed E-state index contributed by atoms with van der Waals surface area (Å²) in [5, 5.41) is 3.57. The molecule has 6 aromatic rings. The van der Waals surface area contributed by atoms with Gasteiger partial charge in [0.15, 0.2) is 0 Å². The van der Waals surface area contributed by atoms with Gasteiger partial charge in [-0.2, -0.15) is 0 Å². The number of nitrogens with one attached hydrogen (secondary N) is 2. The number of carbonyl (C=O) groups excluding carboxylic acids is 2. The van der Waals surface area contributed by atoms with E-state index in [0.717, 1.165) is 27.0 Å². The van der Waals surface area contributed by atoms with Gasteiger partial charge in [-0.15, -0.1) is 11.3 Å². The summed E-state index contributed by atoms with van der Waals surface area (Å²) >= 11 is 1.23. The van der Waals surface area contributed by atoms with Gasteiger partial charge in [-0.25, -0.2) is 18.7 Å². The highest BCUT2D eigenvalue weighted by Crippen LogP contribution is 2.42. The molecule has 0 saturated carbocycles. The second-order valence-electron chi connectivity index (χ2n) is 10.2. The number of rotatable bonds is 4. The van der Waals surface area contributed by atoms with Gasteiger partial charge in [-0.05, 0) is 79.1 Å². The van der Waals surface area contributed by atoms with Crippen LogP contribution >= 0.6 is 11.3 Å². The second kappa shape index (κ2) is 10.6. The Labute approximate surface area is 248 Å². The molecule has 1 aliphatic heterocycles. The van der Waals surface area contributed by atoms with Gasteiger partial charge in [0.1, 0.15) is 23.0 Å². The number of aryl methyl sites for hydroxylation is 1. The number of carbonyl (C=O) groups is 2. The topological polar surface area (TPSA) is 91.0 Å². The fourth-order valence-corrected chi connectivity index (χ4v) is 6.55. The molecule has 212 valence electrons. The minimum atomic E-state index is -0.513. The van der Waals surface area contributed by atoms with Gasteiger partial charge in [0.2, 0.25) is 0 Å². The third-order valence-corrected chi connectivity index (χ3v) is 8.74. The number of hydrogen-bond donors (Lipinski definition) is 2. The van der Waals surface area contributed by atoms with Crippen LogP contribution in [0.3, 0.4) is 0 Å². The van der Waals surface area contributed by atoms with Crippen molar-refractivity contribution in [3.05, 3.63) is 119 Å². The molecule has 0 saturated heterocycles. The first-order chi connectivity index (χ1) is 20.9. The van der Waals surface area contributed by atoms with E-state index in [1.54, 1.807) is 49.5 Å². The number of pyridine rings is 2. The molecular formula is C33H23F2N5O2S. The summed E-state index contributed by atoms with van der Waals surface area (Å²) in [6.45, 7) is 1.97. The minimum Gasteiger partial charge on any atom is -0.345 e. The van der Waals surface area contributed by atoms with Gasteiger partial charge in [0, 0.05) is 40.3 Å². The lowest BCUT2D eigenvalue weighted by Gasteiger charge is -2.23. The number of anilines is 2. The molecule has 2 aromatic carbocycles. The van der Waals surface area contributed by atoms with Gasteiger partial charge < -0.3 is 15.2 Å². The molecule has 7 nitrogen and oxygen atoms in total. The summed E-state index contributed by atoms with van der Waals surface area (Å²) < 4.78 is 29.0. The molecule has 0 atom stereocenters. The van der Waals surface area contributed by atoms with Crippen molar-refractivity contribution in [2.24, 2.45) is 0 Å². The van der Waals surface area contributed by atoms with Crippen molar-refractivity contribution >= 4 is 45.6 Å². The van der Waals surface area contributed by atoms with E-state index in [0.29, 0.717) is 33.8 Å². The molecule has 43 heavy (non-hydrogen) atoms. The molecule has 7 rings (SSSR count). The highest BCUT2D eigenvalue weighted by molar-refractivity contribution is 7.17. The minimum absolute atomic E-state index is 0.133. The molecule has 0 radical (unpaired) electrons. The van der Waals surface area contributed by atoms with Crippen molar-refractivity contribution in [2.45, 2.75) is 13.3 Å². The number of benzene rings is 2. The number of halogens is 2. The van der Waals surface area contributed by atoms with Crippen LogP contribution in [-0.4, -0.2) is 33.3 Å². The molecule has 5 heterocycles. The molecule has 0 spiro atoms. The lowest BCUT2D eigenvalue weighted by Crippen LogP contribution is -2.33. The van der Waals surface area contributed by atoms with E-state index in [1.807, 2.05) is 24.4 Å². The standard InChI is InChI=1S/C33H23F2N5O2S/c1-18-5-2-7-24(35)29(18)39-32(41)28-15-19-12-14-40(27-16-20(34)10-11-22(27)30(19)43-28)33(42)26-9-3-8-25(38-26)23-17-37-31-21(23)6-4-13-36-31/h2-11,13,15-17H,12,14H2,1H3,(H,36,37)(H,39,41). The third kappa shape index (κ3) is 4.75. The molecular weight excluding hydrogens is 568 g/mol. The molecule has 0 bridgehead atoms. The van der Waals surface area contributed by atoms with Crippen LogP contribution in [0.4, 0.5) is 20.2 Å². The third-order valence-electron chi connectivity index (χ3n) is 7.53. The molecule has 2 amide bonds. The zero-order chi connectivity index (χ0) is 29.7. The number of aromatic nitrogens is 3. The van der Waals surface area contributed by atoms with E-state index >= 15 is 0 Å². The number of hydrogen-bond acceptors (Lipinski definition) is 5. The maximum Gasteiger partial charge on any atom is 0.276 e. The Morgan fingerprint density at radius 1 is 1.00 bits per heavy atom. The number of nitrogens with zero attached hydrogens (tertiary/aromatic N) is 3. The van der Waals surface area contributed by atoms with Gasteiger partial charge in [-0.1, -0.05) is 18.2 Å². The molecule has 4 aromatic heterocycles. The van der Waals surface area contributed by atoms with Crippen molar-refractivity contribution in [3.8, 4) is 21.7 Å². The number of amides is 2. The summed E-state index contributed by atoms with van der Waals surface area (Å²) in [5.41, 5.74) is 4.98. The normalized spacial score (nSPS) is 12.5. The maximum absolute atomic E-state index is 14.6. The Bertz CT molecular complexity index is 2050. The van der Waals surface area contributed by atoms with Crippen molar-refractivity contribution in [1.29, 1.82) is 0 Å². The fourth-order valence-electron chi connectivity index (χ4n) is 5.41. The quantitative estimate of drug-likeness (QED) is 0.224. The van der Waals surface area contributed by atoms with Crippen LogP contribution in [0, 0.1) is 18.6 Å². The van der Waals surface area contributed by atoms with Crippen LogP contribution in [0.25, 0.3) is 32.7 Å². The smallest absolute Gasteiger partial charge is 0.276 e. The highest BCUT2D eigenvalue weighted by atomic mass is 32.1. The average Bonchev–Trinajstić information content (AvgIpc) is 3.61. The van der Waals surface area contributed by atoms with Crippen LogP contribution in [0.5, 0.6) is 0 Å². The lowest BCUT2D eigenvalue weighted by molar-refractivity contribution is 0.0981. The Morgan fingerprint density at radius 3 is 2.72 bits per heavy atom. The van der Waals surface area contributed by atoms with E-state index in [4.69, 9.17) is 0 Å². The van der Waals surface area contributed by atoms with Crippen molar-refractivity contribution < 1.29 is 18.4 Å². The number of para-hydroxylation sites is 1. The predicted molar refractivity (Wildman–Crippen MR) is 164 cm³/mol. The first kappa shape index (κ1) is 26.7. The Balaban J connectivity index is 1.23. The van der Waals surface area contributed by atoms with Crippen molar-refractivity contribution in [3.63, 3.8) is 0 Å². The first-order valence-electron chi connectivity index (χ1n) is 13.6. The van der Waals surface area contributed by atoms with Crippen LogP contribution in [-0.2, 0) is 6.42 Å². The monoisotopic (exact) mass is 591 g/mol. The zero-order valence-corrected chi connectivity index (χ0v) is 23.6. The number of aromatic amines is 1. The Kier molecular flexibility index (Phi) is 6.55. The van der Waals surface area contributed by atoms with E-state index in [2.05, 4.69) is 20.3 Å². The fraction of sp³-hybridized carbons (Fsp3) is 0.0909. The van der Waals surface area contributed by atoms with Gasteiger partial charge in [0.05, 0.1) is 21.9 Å². The van der Waals surface area contributed by atoms with Crippen molar-refractivity contribution in [1.82, 2.24) is 15.0 Å². The van der Waals surface area contributed by atoms with Crippen molar-refractivity contribution in [2.75, 3.05) is 16.8 Å². The molecule has 2 N–H and O–H groups in total. The SMILES string of the molecule is Cc1cccc(F)c1NC(=O)c1cc2c(s1)-c1ccc(F)cc1N(C(=O)c1cccc(-c3c[nH]c4ncccc34)n1)CC2. The summed E-state index contributed by atoms with van der Waals surface area (Å²) in [6.07, 6.45) is 3.93. The van der Waals surface area contributed by atoms with Crippen LogP contribution in [0.1, 0.15) is 31.3 Å². The van der Waals surface area contributed by atoms with E-state index in [9.17, 15) is 18.4 Å². The zero-order valence-electron chi connectivity index (χ0n) is 22.8. The molecule has 0 aliphatic carbocycles. The average molecular weight is 592 g/mol. The first-order valence-corrected chi connectivity index (χ1v) is 14.4. The molecule has 1 aliphatic rings. The van der Waals surface area contributed by atoms with Gasteiger partial charge in [0.25, 0.3) is 11.8 Å². The molecule has 0 fully saturated rings.